The molecule has 2 aromatic carbocycles. The summed E-state index contributed by atoms with van der Waals surface area (Å²) in [6.07, 6.45) is 1.65. The van der Waals surface area contributed by atoms with Crippen LogP contribution in [0.1, 0.15) is 5.56 Å². The molecule has 7 heteroatoms. The van der Waals surface area contributed by atoms with Crippen LogP contribution < -0.4 is 14.8 Å². The number of rotatable bonds is 3. The van der Waals surface area contributed by atoms with E-state index in [4.69, 9.17) is 9.47 Å². The highest BCUT2D eigenvalue weighted by molar-refractivity contribution is 8.15. The van der Waals surface area contributed by atoms with E-state index in [9.17, 15) is 4.79 Å². The average Bonchev–Trinajstić information content (AvgIpc) is 3.23. The molecule has 1 amide bonds. The molecular formula is C17H13N3O3S. The highest BCUT2D eigenvalue weighted by atomic mass is 32.2. The van der Waals surface area contributed by atoms with Gasteiger partial charge >= 0.3 is 0 Å². The van der Waals surface area contributed by atoms with Crippen LogP contribution in [0.2, 0.25) is 0 Å². The van der Waals surface area contributed by atoms with Crippen molar-refractivity contribution in [2.75, 3.05) is 12.5 Å². The molecule has 2 aliphatic heterocycles. The van der Waals surface area contributed by atoms with Gasteiger partial charge in [0.1, 0.15) is 0 Å². The first kappa shape index (κ1) is 14.8. The lowest BCUT2D eigenvalue weighted by Crippen LogP contribution is -2.19. The molecule has 1 saturated heterocycles. The number of fused-ring (bicyclic) bond motifs is 1. The van der Waals surface area contributed by atoms with Gasteiger partial charge in [0.15, 0.2) is 16.7 Å². The standard InChI is InChI=1S/C17H13N3O3S/c21-16-9-24-17(19-16)20-18-8-11-1-3-12(4-2-11)13-5-6-14-15(7-13)23-10-22-14/h1-8H,9-10H2,(H,19,20,21). The van der Waals surface area contributed by atoms with Crippen LogP contribution in [-0.4, -0.2) is 29.8 Å². The van der Waals surface area contributed by atoms with Crippen molar-refractivity contribution in [1.82, 2.24) is 5.32 Å². The molecule has 0 aliphatic carbocycles. The van der Waals surface area contributed by atoms with E-state index in [-0.39, 0.29) is 12.7 Å². The maximum absolute atomic E-state index is 11.0. The van der Waals surface area contributed by atoms with Crippen LogP contribution in [0.5, 0.6) is 11.5 Å². The minimum absolute atomic E-state index is 0.0398. The number of carbonyl (C=O) groups is 1. The molecule has 1 fully saturated rings. The van der Waals surface area contributed by atoms with Crippen molar-refractivity contribution in [2.24, 2.45) is 10.2 Å². The molecule has 0 spiro atoms. The molecule has 120 valence electrons. The maximum Gasteiger partial charge on any atom is 0.236 e. The Morgan fingerprint density at radius 1 is 1.04 bits per heavy atom. The van der Waals surface area contributed by atoms with Crippen LogP contribution in [0.15, 0.2) is 52.7 Å². The van der Waals surface area contributed by atoms with E-state index in [1.807, 2.05) is 42.5 Å². The third-order valence-corrected chi connectivity index (χ3v) is 4.42. The van der Waals surface area contributed by atoms with Gasteiger partial charge in [0.25, 0.3) is 0 Å². The molecule has 0 atom stereocenters. The number of benzene rings is 2. The Kier molecular flexibility index (Phi) is 3.92. The first-order chi connectivity index (χ1) is 11.8. The third-order valence-electron chi connectivity index (χ3n) is 3.56. The molecule has 6 nitrogen and oxygen atoms in total. The third kappa shape index (κ3) is 3.11. The second kappa shape index (κ2) is 6.37. The number of carbonyl (C=O) groups excluding carboxylic acids is 1. The van der Waals surface area contributed by atoms with Gasteiger partial charge in [-0.25, -0.2) is 0 Å². The van der Waals surface area contributed by atoms with Crippen LogP contribution in [0.4, 0.5) is 0 Å². The summed E-state index contributed by atoms with van der Waals surface area (Å²) in [4.78, 5) is 11.0. The second-order valence-electron chi connectivity index (χ2n) is 5.18. The Hall–Kier alpha value is -2.80. The molecule has 0 radical (unpaired) electrons. The fraction of sp³-hybridized carbons (Fsp3) is 0.118. The van der Waals surface area contributed by atoms with E-state index in [0.29, 0.717) is 10.9 Å². The summed E-state index contributed by atoms with van der Waals surface area (Å²) < 4.78 is 10.7. The van der Waals surface area contributed by atoms with E-state index >= 15 is 0 Å². The van der Waals surface area contributed by atoms with Gasteiger partial charge in [-0.3, -0.25) is 4.79 Å². The van der Waals surface area contributed by atoms with E-state index in [1.54, 1.807) is 6.21 Å². The number of nitrogens with zero attached hydrogens (tertiary/aromatic N) is 2. The topological polar surface area (TPSA) is 72.3 Å². The summed E-state index contributed by atoms with van der Waals surface area (Å²) in [6.45, 7) is 0.273. The Morgan fingerprint density at radius 2 is 1.83 bits per heavy atom. The van der Waals surface area contributed by atoms with Crippen LogP contribution in [-0.2, 0) is 4.79 Å². The van der Waals surface area contributed by atoms with Crippen molar-refractivity contribution in [3.63, 3.8) is 0 Å². The number of ether oxygens (including phenoxy) is 2. The summed E-state index contributed by atoms with van der Waals surface area (Å²) in [5.74, 6) is 1.91. The minimum atomic E-state index is -0.0398. The smallest absolute Gasteiger partial charge is 0.236 e. The summed E-state index contributed by atoms with van der Waals surface area (Å²) in [5, 5.41) is 11.1. The molecule has 0 bridgehead atoms. The predicted octanol–water partition coefficient (Wildman–Crippen LogP) is 2.64. The molecule has 4 rings (SSSR count). The lowest BCUT2D eigenvalue weighted by molar-refractivity contribution is -0.116. The van der Waals surface area contributed by atoms with Gasteiger partial charge in [-0.05, 0) is 28.8 Å². The van der Waals surface area contributed by atoms with Crippen molar-refractivity contribution in [3.05, 3.63) is 48.0 Å². The molecule has 2 heterocycles. The largest absolute Gasteiger partial charge is 0.454 e. The van der Waals surface area contributed by atoms with Crippen molar-refractivity contribution >= 4 is 29.1 Å². The zero-order valence-corrected chi connectivity index (χ0v) is 13.4. The number of amidine groups is 1. The van der Waals surface area contributed by atoms with Gasteiger partial charge in [-0.15, -0.1) is 5.10 Å². The monoisotopic (exact) mass is 339 g/mol. The molecule has 2 aromatic rings. The lowest BCUT2D eigenvalue weighted by atomic mass is 10.0. The number of hydrogen-bond donors (Lipinski definition) is 1. The second-order valence-corrected chi connectivity index (χ2v) is 6.14. The SMILES string of the molecule is O=C1CSC(=NN=Cc2ccc(-c3ccc4c(c3)OCO4)cc2)N1. The first-order valence-corrected chi connectivity index (χ1v) is 8.30. The molecule has 0 saturated carbocycles. The fourth-order valence-corrected chi connectivity index (χ4v) is 3.00. The van der Waals surface area contributed by atoms with Gasteiger partial charge < -0.3 is 14.8 Å². The summed E-state index contributed by atoms with van der Waals surface area (Å²) in [5.41, 5.74) is 3.07. The Balaban J connectivity index is 1.47. The Morgan fingerprint density at radius 3 is 2.62 bits per heavy atom. The summed E-state index contributed by atoms with van der Waals surface area (Å²) in [7, 11) is 0. The van der Waals surface area contributed by atoms with Gasteiger partial charge in [-0.2, -0.15) is 5.10 Å². The number of hydrogen-bond acceptors (Lipinski definition) is 6. The Labute approximate surface area is 142 Å². The van der Waals surface area contributed by atoms with Gasteiger partial charge in [0.2, 0.25) is 12.7 Å². The van der Waals surface area contributed by atoms with Crippen molar-refractivity contribution in [3.8, 4) is 22.6 Å². The predicted molar refractivity (Wildman–Crippen MR) is 93.6 cm³/mol. The maximum atomic E-state index is 11.0. The van der Waals surface area contributed by atoms with Crippen molar-refractivity contribution in [2.45, 2.75) is 0 Å². The summed E-state index contributed by atoms with van der Waals surface area (Å²) >= 11 is 1.35. The van der Waals surface area contributed by atoms with Crippen LogP contribution in [0.25, 0.3) is 11.1 Å². The van der Waals surface area contributed by atoms with Gasteiger partial charge in [0.05, 0.1) is 12.0 Å². The minimum Gasteiger partial charge on any atom is -0.454 e. The number of nitrogens with one attached hydrogen (secondary N) is 1. The summed E-state index contributed by atoms with van der Waals surface area (Å²) in [6, 6.07) is 13.8. The number of thioether (sulfide) groups is 1. The van der Waals surface area contributed by atoms with Crippen LogP contribution in [0, 0.1) is 0 Å². The van der Waals surface area contributed by atoms with Crippen molar-refractivity contribution < 1.29 is 14.3 Å². The van der Waals surface area contributed by atoms with Crippen LogP contribution in [0.3, 0.4) is 0 Å². The average molecular weight is 339 g/mol. The molecule has 0 unspecified atom stereocenters. The lowest BCUT2D eigenvalue weighted by Gasteiger charge is -2.03. The van der Waals surface area contributed by atoms with Crippen LogP contribution >= 0.6 is 11.8 Å². The molecule has 0 aromatic heterocycles. The van der Waals surface area contributed by atoms with Gasteiger partial charge in [0, 0.05) is 0 Å². The van der Waals surface area contributed by atoms with Gasteiger partial charge in [-0.1, -0.05) is 42.1 Å². The first-order valence-electron chi connectivity index (χ1n) is 7.32. The van der Waals surface area contributed by atoms with E-state index < -0.39 is 0 Å². The highest BCUT2D eigenvalue weighted by Crippen LogP contribution is 2.35. The van der Waals surface area contributed by atoms with E-state index in [1.165, 1.54) is 11.8 Å². The highest BCUT2D eigenvalue weighted by Gasteiger charge is 2.16. The number of amides is 1. The quantitative estimate of drug-likeness (QED) is 0.689. The van der Waals surface area contributed by atoms with E-state index in [0.717, 1.165) is 28.2 Å². The normalized spacial score (nSPS) is 17.7. The molecule has 2 aliphatic rings. The molecule has 24 heavy (non-hydrogen) atoms. The van der Waals surface area contributed by atoms with Crippen molar-refractivity contribution in [1.29, 1.82) is 0 Å². The zero-order valence-electron chi connectivity index (χ0n) is 12.6. The fourth-order valence-electron chi connectivity index (χ4n) is 2.36. The Bertz CT molecular complexity index is 847. The van der Waals surface area contributed by atoms with E-state index in [2.05, 4.69) is 15.5 Å². The molecular weight excluding hydrogens is 326 g/mol. The zero-order chi connectivity index (χ0) is 16.4. The molecule has 1 N–H and O–H groups in total.